The molecule has 0 unspecified atom stereocenters. The van der Waals surface area contributed by atoms with Crippen molar-refractivity contribution in [2.24, 2.45) is 0 Å². The third-order valence-electron chi connectivity index (χ3n) is 1.51. The third-order valence-corrected chi connectivity index (χ3v) is 1.51. The molecule has 0 bridgehead atoms. The van der Waals surface area contributed by atoms with Crippen molar-refractivity contribution < 1.29 is 0 Å². The van der Waals surface area contributed by atoms with Crippen molar-refractivity contribution in [2.45, 2.75) is 26.2 Å². The topological polar surface area (TPSA) is 52.5 Å². The Bertz CT molecular complexity index is 267. The van der Waals surface area contributed by atoms with Crippen LogP contribution in [0, 0.1) is 11.3 Å². The van der Waals surface area contributed by atoms with E-state index in [0.717, 1.165) is 11.4 Å². The Balaban J connectivity index is 2.75. The molecule has 0 aliphatic carbocycles. The lowest BCUT2D eigenvalue weighted by atomic mass is 10.1. The van der Waals surface area contributed by atoms with Gasteiger partial charge in [0, 0.05) is 5.69 Å². The van der Waals surface area contributed by atoms with E-state index in [4.69, 9.17) is 5.26 Å². The minimum Gasteiger partial charge on any atom is -0.281 e. The molecule has 1 aromatic heterocycles. The summed E-state index contributed by atoms with van der Waals surface area (Å²) in [6.45, 7) is 4.15. The van der Waals surface area contributed by atoms with Gasteiger partial charge in [-0.25, -0.2) is 0 Å². The fourth-order valence-corrected chi connectivity index (χ4v) is 0.851. The highest BCUT2D eigenvalue weighted by atomic mass is 15.1. The van der Waals surface area contributed by atoms with Crippen LogP contribution in [0.1, 0.15) is 31.2 Å². The van der Waals surface area contributed by atoms with Crippen LogP contribution >= 0.6 is 0 Å². The van der Waals surface area contributed by atoms with E-state index in [-0.39, 0.29) is 0 Å². The molecule has 0 atom stereocenters. The zero-order chi connectivity index (χ0) is 8.27. The van der Waals surface area contributed by atoms with Crippen LogP contribution < -0.4 is 0 Å². The number of aromatic nitrogens is 2. The van der Waals surface area contributed by atoms with Gasteiger partial charge in [0.15, 0.2) is 0 Å². The van der Waals surface area contributed by atoms with E-state index in [9.17, 15) is 0 Å². The minimum absolute atomic E-state index is 0.416. The first-order chi connectivity index (χ1) is 5.24. The van der Waals surface area contributed by atoms with E-state index in [1.165, 1.54) is 0 Å². The highest BCUT2D eigenvalue weighted by Crippen LogP contribution is 2.11. The lowest BCUT2D eigenvalue weighted by Crippen LogP contribution is -1.85. The van der Waals surface area contributed by atoms with E-state index in [1.807, 2.05) is 6.07 Å². The standard InChI is InChI=1S/C8H11N3/c1-6(2)8-5-7(3-4-9)10-11-8/h5-6H,3H2,1-2H3,(H,10,11). The predicted octanol–water partition coefficient (Wildman–Crippen LogP) is 1.60. The summed E-state index contributed by atoms with van der Waals surface area (Å²) in [6.07, 6.45) is 0.416. The molecule has 0 spiro atoms. The SMILES string of the molecule is CC(C)c1cc(CC#N)[nH]n1. The summed E-state index contributed by atoms with van der Waals surface area (Å²) < 4.78 is 0. The van der Waals surface area contributed by atoms with Gasteiger partial charge in [-0.05, 0) is 12.0 Å². The number of hydrogen-bond acceptors (Lipinski definition) is 2. The maximum absolute atomic E-state index is 8.37. The number of hydrogen-bond donors (Lipinski definition) is 1. The van der Waals surface area contributed by atoms with Crippen molar-refractivity contribution >= 4 is 0 Å². The van der Waals surface area contributed by atoms with Crippen molar-refractivity contribution in [1.82, 2.24) is 10.2 Å². The molecule has 58 valence electrons. The van der Waals surface area contributed by atoms with E-state index < -0.39 is 0 Å². The molecule has 11 heavy (non-hydrogen) atoms. The van der Waals surface area contributed by atoms with Crippen molar-refractivity contribution in [2.75, 3.05) is 0 Å². The van der Waals surface area contributed by atoms with Crippen LogP contribution in [0.3, 0.4) is 0 Å². The molecule has 0 saturated carbocycles. The summed E-state index contributed by atoms with van der Waals surface area (Å²) in [5, 5.41) is 15.2. The average Bonchev–Trinajstić information content (AvgIpc) is 2.37. The first-order valence-corrected chi connectivity index (χ1v) is 3.65. The Kier molecular flexibility index (Phi) is 2.27. The fourth-order valence-electron chi connectivity index (χ4n) is 0.851. The Morgan fingerprint density at radius 2 is 2.45 bits per heavy atom. The lowest BCUT2D eigenvalue weighted by molar-refractivity contribution is 0.809. The van der Waals surface area contributed by atoms with Gasteiger partial charge in [0.05, 0.1) is 18.2 Å². The molecular formula is C8H11N3. The smallest absolute Gasteiger partial charge is 0.0769 e. The molecule has 1 rings (SSSR count). The number of nitrogens with one attached hydrogen (secondary N) is 1. The summed E-state index contributed by atoms with van der Waals surface area (Å²) in [4.78, 5) is 0. The minimum atomic E-state index is 0.416. The number of rotatable bonds is 2. The zero-order valence-corrected chi connectivity index (χ0v) is 6.76. The maximum Gasteiger partial charge on any atom is 0.0769 e. The Labute approximate surface area is 66.0 Å². The van der Waals surface area contributed by atoms with Crippen LogP contribution in [0.25, 0.3) is 0 Å². The van der Waals surface area contributed by atoms with Gasteiger partial charge in [0.25, 0.3) is 0 Å². The van der Waals surface area contributed by atoms with Gasteiger partial charge < -0.3 is 0 Å². The van der Waals surface area contributed by atoms with E-state index >= 15 is 0 Å². The number of nitrogens with zero attached hydrogens (tertiary/aromatic N) is 2. The van der Waals surface area contributed by atoms with Gasteiger partial charge in [0.1, 0.15) is 0 Å². The maximum atomic E-state index is 8.37. The van der Waals surface area contributed by atoms with Gasteiger partial charge in [-0.3, -0.25) is 5.10 Å². The van der Waals surface area contributed by atoms with E-state index in [0.29, 0.717) is 12.3 Å². The highest BCUT2D eigenvalue weighted by Gasteiger charge is 2.03. The molecule has 3 heteroatoms. The highest BCUT2D eigenvalue weighted by molar-refractivity contribution is 5.14. The van der Waals surface area contributed by atoms with Gasteiger partial charge in [-0.1, -0.05) is 13.8 Å². The second kappa shape index (κ2) is 3.20. The first-order valence-electron chi connectivity index (χ1n) is 3.65. The molecule has 0 aliphatic rings. The van der Waals surface area contributed by atoms with Crippen molar-refractivity contribution in [3.05, 3.63) is 17.5 Å². The summed E-state index contributed by atoms with van der Waals surface area (Å²) in [5.74, 6) is 0.429. The van der Waals surface area contributed by atoms with Gasteiger partial charge >= 0.3 is 0 Å². The molecule has 1 aromatic rings. The Morgan fingerprint density at radius 3 is 2.91 bits per heavy atom. The number of aromatic amines is 1. The summed E-state index contributed by atoms with van der Waals surface area (Å²) in [5.41, 5.74) is 1.92. The largest absolute Gasteiger partial charge is 0.281 e. The molecular weight excluding hydrogens is 138 g/mol. The monoisotopic (exact) mass is 149 g/mol. The van der Waals surface area contributed by atoms with Crippen LogP contribution in [-0.2, 0) is 6.42 Å². The lowest BCUT2D eigenvalue weighted by Gasteiger charge is -1.94. The van der Waals surface area contributed by atoms with Crippen molar-refractivity contribution in [3.8, 4) is 6.07 Å². The number of H-pyrrole nitrogens is 1. The summed E-state index contributed by atoms with van der Waals surface area (Å²) in [7, 11) is 0. The Morgan fingerprint density at radius 1 is 1.73 bits per heavy atom. The quantitative estimate of drug-likeness (QED) is 0.694. The van der Waals surface area contributed by atoms with Crippen LogP contribution in [-0.4, -0.2) is 10.2 Å². The third kappa shape index (κ3) is 1.81. The summed E-state index contributed by atoms with van der Waals surface area (Å²) >= 11 is 0. The van der Waals surface area contributed by atoms with Gasteiger partial charge in [-0.15, -0.1) is 0 Å². The predicted molar refractivity (Wildman–Crippen MR) is 42.0 cm³/mol. The van der Waals surface area contributed by atoms with Gasteiger partial charge in [-0.2, -0.15) is 10.4 Å². The van der Waals surface area contributed by atoms with Crippen LogP contribution in [0.2, 0.25) is 0 Å². The normalized spacial score (nSPS) is 10.0. The molecule has 0 aliphatic heterocycles. The first kappa shape index (κ1) is 7.80. The molecule has 0 amide bonds. The molecule has 1 heterocycles. The summed E-state index contributed by atoms with van der Waals surface area (Å²) in [6, 6.07) is 4.00. The van der Waals surface area contributed by atoms with Crippen LogP contribution in [0.4, 0.5) is 0 Å². The Hall–Kier alpha value is -1.30. The van der Waals surface area contributed by atoms with Gasteiger partial charge in [0.2, 0.25) is 0 Å². The second-order valence-corrected chi connectivity index (χ2v) is 2.81. The molecule has 0 radical (unpaired) electrons. The zero-order valence-electron chi connectivity index (χ0n) is 6.76. The van der Waals surface area contributed by atoms with E-state index in [1.54, 1.807) is 0 Å². The molecule has 0 fully saturated rings. The van der Waals surface area contributed by atoms with Crippen LogP contribution in [0.15, 0.2) is 6.07 Å². The second-order valence-electron chi connectivity index (χ2n) is 2.81. The van der Waals surface area contributed by atoms with Crippen molar-refractivity contribution in [1.29, 1.82) is 5.26 Å². The molecule has 0 aromatic carbocycles. The average molecular weight is 149 g/mol. The molecule has 3 nitrogen and oxygen atoms in total. The molecule has 0 saturated heterocycles. The fraction of sp³-hybridized carbons (Fsp3) is 0.500. The van der Waals surface area contributed by atoms with E-state index in [2.05, 4.69) is 30.1 Å². The molecule has 1 N–H and O–H groups in total. The van der Waals surface area contributed by atoms with Crippen LogP contribution in [0.5, 0.6) is 0 Å². The number of nitriles is 1. The van der Waals surface area contributed by atoms with Crippen molar-refractivity contribution in [3.63, 3.8) is 0 Å².